The standard InChI is InChI=1S/C24H26N2O4S/c27-24(14-12-21-11-13-23(30-21)19-7-3-1-4-8-19)26-17-15-20(16-18-26)25-31(28,29)22-9-5-2-6-10-22/h1-11,13,20,25H,12,14-18H2. The van der Waals surface area contributed by atoms with Crippen molar-refractivity contribution in [1.29, 1.82) is 0 Å². The van der Waals surface area contributed by atoms with Gasteiger partial charge in [-0.15, -0.1) is 0 Å². The van der Waals surface area contributed by atoms with Crippen LogP contribution in [0, 0.1) is 0 Å². The summed E-state index contributed by atoms with van der Waals surface area (Å²) in [7, 11) is -3.53. The molecule has 1 amide bonds. The van der Waals surface area contributed by atoms with Crippen LogP contribution in [0.5, 0.6) is 0 Å². The first-order chi connectivity index (χ1) is 15.0. The summed E-state index contributed by atoms with van der Waals surface area (Å²) < 4.78 is 33.6. The predicted octanol–water partition coefficient (Wildman–Crippen LogP) is 3.85. The minimum atomic E-state index is -3.53. The topological polar surface area (TPSA) is 79.6 Å². The molecule has 7 heteroatoms. The minimum absolute atomic E-state index is 0.0713. The fourth-order valence-corrected chi connectivity index (χ4v) is 5.12. The van der Waals surface area contributed by atoms with Crippen LogP contribution in [0.1, 0.15) is 25.0 Å². The van der Waals surface area contributed by atoms with Gasteiger partial charge in [-0.2, -0.15) is 0 Å². The molecule has 0 spiro atoms. The Morgan fingerprint density at radius 3 is 2.26 bits per heavy atom. The SMILES string of the molecule is O=C(CCc1ccc(-c2ccccc2)o1)N1CCC(NS(=O)(=O)c2ccccc2)CC1. The molecule has 0 unspecified atom stereocenters. The lowest BCUT2D eigenvalue weighted by molar-refractivity contribution is -0.132. The second-order valence-corrected chi connectivity index (χ2v) is 9.44. The van der Waals surface area contributed by atoms with Gasteiger partial charge in [-0.1, -0.05) is 48.5 Å². The zero-order valence-electron chi connectivity index (χ0n) is 17.2. The first kappa shape index (κ1) is 21.3. The van der Waals surface area contributed by atoms with E-state index in [0.717, 1.165) is 17.1 Å². The highest BCUT2D eigenvalue weighted by Crippen LogP contribution is 2.23. The predicted molar refractivity (Wildman–Crippen MR) is 119 cm³/mol. The van der Waals surface area contributed by atoms with Gasteiger partial charge in [-0.3, -0.25) is 4.79 Å². The van der Waals surface area contributed by atoms with Gasteiger partial charge in [-0.25, -0.2) is 13.1 Å². The van der Waals surface area contributed by atoms with Gasteiger partial charge in [0.15, 0.2) is 0 Å². The van der Waals surface area contributed by atoms with Crippen LogP contribution in [0.3, 0.4) is 0 Å². The Bertz CT molecular complexity index is 1100. The number of carbonyl (C=O) groups excluding carboxylic acids is 1. The Morgan fingerprint density at radius 1 is 0.935 bits per heavy atom. The summed E-state index contributed by atoms with van der Waals surface area (Å²) in [5, 5.41) is 0. The number of piperidine rings is 1. The molecule has 1 aliphatic heterocycles. The molecule has 2 aromatic carbocycles. The number of benzene rings is 2. The summed E-state index contributed by atoms with van der Waals surface area (Å²) in [6.07, 6.45) is 2.14. The smallest absolute Gasteiger partial charge is 0.240 e. The van der Waals surface area contributed by atoms with E-state index in [-0.39, 0.29) is 16.8 Å². The van der Waals surface area contributed by atoms with Crippen molar-refractivity contribution in [2.45, 2.75) is 36.6 Å². The van der Waals surface area contributed by atoms with Gasteiger partial charge in [0.2, 0.25) is 15.9 Å². The van der Waals surface area contributed by atoms with Crippen molar-refractivity contribution >= 4 is 15.9 Å². The molecule has 1 aliphatic rings. The molecule has 1 aromatic heterocycles. The third kappa shape index (κ3) is 5.42. The van der Waals surface area contributed by atoms with Gasteiger partial charge in [-0.05, 0) is 37.1 Å². The van der Waals surface area contributed by atoms with E-state index < -0.39 is 10.0 Å². The average molecular weight is 439 g/mol. The highest BCUT2D eigenvalue weighted by atomic mass is 32.2. The number of hydrogen-bond donors (Lipinski definition) is 1. The summed E-state index contributed by atoms with van der Waals surface area (Å²) in [6.45, 7) is 1.10. The molecule has 0 radical (unpaired) electrons. The molecule has 31 heavy (non-hydrogen) atoms. The molecule has 3 aromatic rings. The van der Waals surface area contributed by atoms with Crippen molar-refractivity contribution < 1.29 is 17.6 Å². The highest BCUT2D eigenvalue weighted by Gasteiger charge is 2.26. The second-order valence-electron chi connectivity index (χ2n) is 7.72. The van der Waals surface area contributed by atoms with Crippen molar-refractivity contribution in [2.24, 2.45) is 0 Å². The van der Waals surface area contributed by atoms with Gasteiger partial charge >= 0.3 is 0 Å². The summed E-state index contributed by atoms with van der Waals surface area (Å²) in [5.74, 6) is 1.66. The number of amides is 1. The number of likely N-dealkylation sites (tertiary alicyclic amines) is 1. The van der Waals surface area contributed by atoms with E-state index in [1.165, 1.54) is 0 Å². The molecule has 0 bridgehead atoms. The molecule has 0 saturated carbocycles. The fraction of sp³-hybridized carbons (Fsp3) is 0.292. The maximum absolute atomic E-state index is 12.6. The van der Waals surface area contributed by atoms with Crippen LogP contribution in [0.15, 0.2) is 82.1 Å². The van der Waals surface area contributed by atoms with Crippen LogP contribution < -0.4 is 4.72 Å². The molecule has 4 rings (SSSR count). The molecular weight excluding hydrogens is 412 g/mol. The van der Waals surface area contributed by atoms with Crippen LogP contribution in [-0.2, 0) is 21.2 Å². The molecule has 2 heterocycles. The number of rotatable bonds is 7. The van der Waals surface area contributed by atoms with Crippen LogP contribution >= 0.6 is 0 Å². The van der Waals surface area contributed by atoms with E-state index in [9.17, 15) is 13.2 Å². The molecule has 1 saturated heterocycles. The largest absolute Gasteiger partial charge is 0.461 e. The Balaban J connectivity index is 1.25. The van der Waals surface area contributed by atoms with Crippen molar-refractivity contribution in [3.8, 4) is 11.3 Å². The van der Waals surface area contributed by atoms with E-state index >= 15 is 0 Å². The van der Waals surface area contributed by atoms with Gasteiger partial charge in [0.1, 0.15) is 11.5 Å². The Morgan fingerprint density at radius 2 is 1.58 bits per heavy atom. The zero-order chi connectivity index (χ0) is 21.7. The van der Waals surface area contributed by atoms with Crippen molar-refractivity contribution in [3.63, 3.8) is 0 Å². The lowest BCUT2D eigenvalue weighted by Crippen LogP contribution is -2.46. The molecule has 162 valence electrons. The zero-order valence-corrected chi connectivity index (χ0v) is 18.1. The van der Waals surface area contributed by atoms with E-state index in [1.54, 1.807) is 30.3 Å². The second kappa shape index (κ2) is 9.49. The Labute approximate surface area is 182 Å². The van der Waals surface area contributed by atoms with Gasteiger partial charge in [0.05, 0.1) is 4.90 Å². The van der Waals surface area contributed by atoms with Crippen LogP contribution in [-0.4, -0.2) is 38.4 Å². The van der Waals surface area contributed by atoms with E-state index in [0.29, 0.717) is 38.8 Å². The van der Waals surface area contributed by atoms with Crippen LogP contribution in [0.4, 0.5) is 0 Å². The molecule has 0 aliphatic carbocycles. The maximum Gasteiger partial charge on any atom is 0.240 e. The van der Waals surface area contributed by atoms with Crippen molar-refractivity contribution in [2.75, 3.05) is 13.1 Å². The van der Waals surface area contributed by atoms with Crippen molar-refractivity contribution in [3.05, 3.63) is 78.6 Å². The number of sulfonamides is 1. The number of nitrogens with zero attached hydrogens (tertiary/aromatic N) is 1. The quantitative estimate of drug-likeness (QED) is 0.608. The fourth-order valence-electron chi connectivity index (χ4n) is 3.79. The molecule has 6 nitrogen and oxygen atoms in total. The van der Waals surface area contributed by atoms with Gasteiger partial charge in [0.25, 0.3) is 0 Å². The van der Waals surface area contributed by atoms with E-state index in [4.69, 9.17) is 4.42 Å². The van der Waals surface area contributed by atoms with Gasteiger partial charge < -0.3 is 9.32 Å². The first-order valence-electron chi connectivity index (χ1n) is 10.5. The third-order valence-electron chi connectivity index (χ3n) is 5.53. The number of carbonyl (C=O) groups is 1. The summed E-state index contributed by atoms with van der Waals surface area (Å²) in [5.41, 5.74) is 1.01. The van der Waals surface area contributed by atoms with Gasteiger partial charge in [0, 0.05) is 37.5 Å². The van der Waals surface area contributed by atoms with Crippen molar-refractivity contribution in [1.82, 2.24) is 9.62 Å². The minimum Gasteiger partial charge on any atom is -0.461 e. The molecule has 0 atom stereocenters. The lowest BCUT2D eigenvalue weighted by atomic mass is 10.1. The average Bonchev–Trinajstić information content (AvgIpc) is 3.28. The Hall–Kier alpha value is -2.90. The summed E-state index contributed by atoms with van der Waals surface area (Å²) >= 11 is 0. The molecule has 1 fully saturated rings. The summed E-state index contributed by atoms with van der Waals surface area (Å²) in [6, 6.07) is 21.9. The Kier molecular flexibility index (Phi) is 6.53. The normalized spacial score (nSPS) is 15.2. The number of hydrogen-bond acceptors (Lipinski definition) is 4. The monoisotopic (exact) mass is 438 g/mol. The molecule has 1 N–H and O–H groups in total. The number of furan rings is 1. The highest BCUT2D eigenvalue weighted by molar-refractivity contribution is 7.89. The van der Waals surface area contributed by atoms with E-state index in [1.807, 2.05) is 47.4 Å². The number of nitrogens with one attached hydrogen (secondary N) is 1. The first-order valence-corrected chi connectivity index (χ1v) is 12.0. The maximum atomic E-state index is 12.6. The summed E-state index contributed by atoms with van der Waals surface area (Å²) in [4.78, 5) is 14.7. The lowest BCUT2D eigenvalue weighted by Gasteiger charge is -2.32. The number of aryl methyl sites for hydroxylation is 1. The van der Waals surface area contributed by atoms with Crippen LogP contribution in [0.2, 0.25) is 0 Å². The third-order valence-corrected chi connectivity index (χ3v) is 7.06. The van der Waals surface area contributed by atoms with E-state index in [2.05, 4.69) is 4.72 Å². The van der Waals surface area contributed by atoms with Crippen LogP contribution in [0.25, 0.3) is 11.3 Å². The molecular formula is C24H26N2O4S.